The van der Waals surface area contributed by atoms with E-state index in [0.717, 1.165) is 17.0 Å². The van der Waals surface area contributed by atoms with E-state index >= 15 is 0 Å². The molecule has 2 N–H and O–H groups in total. The van der Waals surface area contributed by atoms with Crippen LogP contribution in [0.1, 0.15) is 39.7 Å². The quantitative estimate of drug-likeness (QED) is 0.874. The van der Waals surface area contributed by atoms with Crippen LogP contribution in [0.3, 0.4) is 0 Å². The first kappa shape index (κ1) is 12.8. The molecule has 2 rings (SSSR count). The Balaban J connectivity index is 2.44. The first-order valence-corrected chi connectivity index (χ1v) is 6.25. The van der Waals surface area contributed by atoms with E-state index in [1.165, 1.54) is 16.7 Å². The normalized spacial score (nSPS) is 12.5. The van der Waals surface area contributed by atoms with Gasteiger partial charge in [-0.25, -0.2) is 0 Å². The minimum Gasteiger partial charge on any atom is -0.320 e. The largest absolute Gasteiger partial charge is 0.320 e. The molecule has 0 aliphatic rings. The van der Waals surface area contributed by atoms with E-state index in [-0.39, 0.29) is 6.04 Å². The van der Waals surface area contributed by atoms with Gasteiger partial charge in [-0.3, -0.25) is 4.98 Å². The van der Waals surface area contributed by atoms with Gasteiger partial charge >= 0.3 is 0 Å². The van der Waals surface area contributed by atoms with Gasteiger partial charge in [0.1, 0.15) is 0 Å². The Morgan fingerprint density at radius 1 is 0.944 bits per heavy atom. The van der Waals surface area contributed by atoms with Crippen molar-refractivity contribution < 1.29 is 0 Å². The molecule has 1 atom stereocenters. The van der Waals surface area contributed by atoms with Crippen LogP contribution in [-0.2, 0) is 0 Å². The van der Waals surface area contributed by atoms with E-state index in [1.807, 2.05) is 13.8 Å². The lowest BCUT2D eigenvalue weighted by atomic mass is 9.94. The molecule has 18 heavy (non-hydrogen) atoms. The van der Waals surface area contributed by atoms with E-state index in [4.69, 9.17) is 5.73 Å². The maximum absolute atomic E-state index is 6.38. The van der Waals surface area contributed by atoms with Crippen molar-refractivity contribution in [3.63, 3.8) is 0 Å². The van der Waals surface area contributed by atoms with Gasteiger partial charge in [0.15, 0.2) is 0 Å². The van der Waals surface area contributed by atoms with E-state index in [9.17, 15) is 0 Å². The maximum Gasteiger partial charge on any atom is 0.0555 e. The van der Waals surface area contributed by atoms with Gasteiger partial charge in [-0.1, -0.05) is 23.8 Å². The van der Waals surface area contributed by atoms with Crippen molar-refractivity contribution in [2.75, 3.05) is 0 Å². The Labute approximate surface area is 109 Å². The number of benzene rings is 1. The molecular formula is C16H20N2. The zero-order valence-corrected chi connectivity index (χ0v) is 11.5. The highest BCUT2D eigenvalue weighted by Gasteiger charge is 2.12. The molecule has 1 aromatic heterocycles. The van der Waals surface area contributed by atoms with Crippen LogP contribution in [0.5, 0.6) is 0 Å². The highest BCUT2D eigenvalue weighted by molar-refractivity contribution is 5.39. The third-order valence-electron chi connectivity index (χ3n) is 3.22. The van der Waals surface area contributed by atoms with Crippen molar-refractivity contribution >= 4 is 0 Å². The zero-order valence-electron chi connectivity index (χ0n) is 11.5. The lowest BCUT2D eigenvalue weighted by molar-refractivity contribution is 0.850. The van der Waals surface area contributed by atoms with Crippen LogP contribution in [-0.4, -0.2) is 4.98 Å². The Kier molecular flexibility index (Phi) is 3.48. The number of pyridine rings is 1. The lowest BCUT2D eigenvalue weighted by Gasteiger charge is -2.16. The van der Waals surface area contributed by atoms with Crippen LogP contribution in [0.25, 0.3) is 0 Å². The molecule has 2 aromatic rings. The predicted octanol–water partition coefficient (Wildman–Crippen LogP) is 3.36. The predicted molar refractivity (Wildman–Crippen MR) is 75.7 cm³/mol. The molecule has 1 unspecified atom stereocenters. The Morgan fingerprint density at radius 2 is 1.56 bits per heavy atom. The fourth-order valence-corrected chi connectivity index (χ4v) is 2.40. The summed E-state index contributed by atoms with van der Waals surface area (Å²) in [5.41, 5.74) is 13.2. The van der Waals surface area contributed by atoms with Gasteiger partial charge in [0.05, 0.1) is 6.04 Å². The van der Waals surface area contributed by atoms with Crippen molar-refractivity contribution in [3.8, 4) is 0 Å². The number of nitrogens with two attached hydrogens (primary N) is 1. The molecule has 0 aliphatic carbocycles. The second kappa shape index (κ2) is 4.91. The highest BCUT2D eigenvalue weighted by Crippen LogP contribution is 2.24. The van der Waals surface area contributed by atoms with Crippen LogP contribution in [0.2, 0.25) is 0 Å². The van der Waals surface area contributed by atoms with Gasteiger partial charge in [0.25, 0.3) is 0 Å². The molecule has 1 heterocycles. The molecule has 0 radical (unpaired) electrons. The van der Waals surface area contributed by atoms with Crippen molar-refractivity contribution in [1.29, 1.82) is 0 Å². The molecule has 0 saturated heterocycles. The van der Waals surface area contributed by atoms with Crippen LogP contribution in [0.4, 0.5) is 0 Å². The topological polar surface area (TPSA) is 38.9 Å². The number of aryl methyl sites for hydroxylation is 4. The molecule has 2 nitrogen and oxygen atoms in total. The molecule has 0 spiro atoms. The monoisotopic (exact) mass is 240 g/mol. The third-order valence-corrected chi connectivity index (χ3v) is 3.22. The number of aromatic nitrogens is 1. The molecule has 0 aliphatic heterocycles. The van der Waals surface area contributed by atoms with Gasteiger partial charge in [0.2, 0.25) is 0 Å². The van der Waals surface area contributed by atoms with Crippen molar-refractivity contribution in [1.82, 2.24) is 4.98 Å². The van der Waals surface area contributed by atoms with Gasteiger partial charge in [-0.15, -0.1) is 0 Å². The van der Waals surface area contributed by atoms with Crippen LogP contribution in [0.15, 0.2) is 30.3 Å². The second-order valence-corrected chi connectivity index (χ2v) is 5.02. The summed E-state index contributed by atoms with van der Waals surface area (Å²) < 4.78 is 0. The van der Waals surface area contributed by atoms with Crippen LogP contribution in [0, 0.1) is 27.7 Å². The Bertz CT molecular complexity index is 553. The average Bonchev–Trinajstić information content (AvgIpc) is 2.26. The zero-order chi connectivity index (χ0) is 13.3. The standard InChI is InChI=1S/C16H20N2/c1-10-5-6-15(11(2)7-10)16(17)14-8-12(3)18-13(4)9-14/h5-9,16H,17H2,1-4H3. The summed E-state index contributed by atoms with van der Waals surface area (Å²) in [4.78, 5) is 4.39. The first-order chi connectivity index (χ1) is 8.47. The summed E-state index contributed by atoms with van der Waals surface area (Å²) in [6.45, 7) is 8.22. The van der Waals surface area contributed by atoms with Gasteiger partial charge in [-0.2, -0.15) is 0 Å². The van der Waals surface area contributed by atoms with E-state index in [2.05, 4.69) is 49.2 Å². The Morgan fingerprint density at radius 3 is 2.11 bits per heavy atom. The number of nitrogens with zero attached hydrogens (tertiary/aromatic N) is 1. The smallest absolute Gasteiger partial charge is 0.0555 e. The number of hydrogen-bond donors (Lipinski definition) is 1. The van der Waals surface area contributed by atoms with Gasteiger partial charge < -0.3 is 5.73 Å². The highest BCUT2D eigenvalue weighted by atomic mass is 14.7. The summed E-state index contributed by atoms with van der Waals surface area (Å²) >= 11 is 0. The molecule has 94 valence electrons. The van der Waals surface area contributed by atoms with Gasteiger partial charge in [-0.05, 0) is 56.5 Å². The fourth-order valence-electron chi connectivity index (χ4n) is 2.40. The Hall–Kier alpha value is -1.67. The minimum absolute atomic E-state index is 0.0778. The molecule has 0 bridgehead atoms. The maximum atomic E-state index is 6.38. The van der Waals surface area contributed by atoms with Crippen molar-refractivity contribution in [3.05, 3.63) is 64.0 Å². The van der Waals surface area contributed by atoms with Gasteiger partial charge in [0, 0.05) is 11.4 Å². The molecule has 0 saturated carbocycles. The summed E-state index contributed by atoms with van der Waals surface area (Å²) in [7, 11) is 0. The van der Waals surface area contributed by atoms with Crippen molar-refractivity contribution in [2.45, 2.75) is 33.7 Å². The second-order valence-electron chi connectivity index (χ2n) is 5.02. The number of hydrogen-bond acceptors (Lipinski definition) is 2. The molecule has 2 heteroatoms. The molecule has 0 fully saturated rings. The summed E-state index contributed by atoms with van der Waals surface area (Å²) in [6.07, 6.45) is 0. The summed E-state index contributed by atoms with van der Waals surface area (Å²) in [5, 5.41) is 0. The minimum atomic E-state index is -0.0778. The fraction of sp³-hybridized carbons (Fsp3) is 0.312. The molecule has 0 amide bonds. The lowest BCUT2D eigenvalue weighted by Crippen LogP contribution is -2.14. The van der Waals surface area contributed by atoms with Crippen LogP contribution >= 0.6 is 0 Å². The summed E-state index contributed by atoms with van der Waals surface area (Å²) in [6, 6.07) is 10.5. The van der Waals surface area contributed by atoms with E-state index in [0.29, 0.717) is 0 Å². The average molecular weight is 240 g/mol. The van der Waals surface area contributed by atoms with E-state index in [1.54, 1.807) is 0 Å². The van der Waals surface area contributed by atoms with E-state index < -0.39 is 0 Å². The summed E-state index contributed by atoms with van der Waals surface area (Å²) in [5.74, 6) is 0. The first-order valence-electron chi connectivity index (χ1n) is 6.25. The number of rotatable bonds is 2. The molecular weight excluding hydrogens is 220 g/mol. The molecule has 1 aromatic carbocycles. The third kappa shape index (κ3) is 2.59. The SMILES string of the molecule is Cc1ccc(C(N)c2cc(C)nc(C)c2)c(C)c1. The van der Waals surface area contributed by atoms with Crippen molar-refractivity contribution in [2.24, 2.45) is 5.73 Å². The van der Waals surface area contributed by atoms with Crippen LogP contribution < -0.4 is 5.73 Å².